The first kappa shape index (κ1) is 22.0. The van der Waals surface area contributed by atoms with Gasteiger partial charge in [0.1, 0.15) is 15.7 Å². The van der Waals surface area contributed by atoms with Crippen LogP contribution in [0.5, 0.6) is 0 Å². The molecule has 1 N–H and O–H groups in total. The van der Waals surface area contributed by atoms with Crippen molar-refractivity contribution in [1.82, 2.24) is 14.9 Å². The minimum atomic E-state index is -0.0774. The van der Waals surface area contributed by atoms with Gasteiger partial charge in [0.2, 0.25) is 5.91 Å². The lowest BCUT2D eigenvalue weighted by Gasteiger charge is -2.25. The van der Waals surface area contributed by atoms with Gasteiger partial charge in [0, 0.05) is 41.5 Å². The van der Waals surface area contributed by atoms with Crippen LogP contribution >= 0.6 is 23.1 Å². The number of amides is 1. The number of nitrogens with one attached hydrogen (secondary N) is 1. The molecule has 1 fully saturated rings. The van der Waals surface area contributed by atoms with E-state index >= 15 is 0 Å². The maximum atomic E-state index is 11.3. The Morgan fingerprint density at radius 3 is 2.58 bits per heavy atom. The van der Waals surface area contributed by atoms with E-state index in [-0.39, 0.29) is 5.91 Å². The molecule has 0 spiro atoms. The van der Waals surface area contributed by atoms with E-state index in [0.717, 1.165) is 69.1 Å². The van der Waals surface area contributed by atoms with Crippen LogP contribution in [-0.2, 0) is 16.1 Å². The van der Waals surface area contributed by atoms with E-state index in [0.29, 0.717) is 6.54 Å². The van der Waals surface area contributed by atoms with E-state index in [1.807, 2.05) is 30.3 Å². The van der Waals surface area contributed by atoms with Crippen molar-refractivity contribution >= 4 is 44.9 Å². The van der Waals surface area contributed by atoms with Crippen LogP contribution in [0, 0.1) is 0 Å². The fourth-order valence-electron chi connectivity index (χ4n) is 3.81. The number of hydrogen-bond donors (Lipinski definition) is 1. The SMILES string of the molecule is CC(=O)Nc1ccc(Sc2nc(CN3CCOCC3)nc3scc(-c4ccccc4)c23)cc1. The molecule has 5 rings (SSSR count). The van der Waals surface area contributed by atoms with Crippen molar-refractivity contribution in [2.24, 2.45) is 0 Å². The van der Waals surface area contributed by atoms with Gasteiger partial charge in [0.25, 0.3) is 0 Å². The van der Waals surface area contributed by atoms with Gasteiger partial charge in [-0.1, -0.05) is 42.1 Å². The largest absolute Gasteiger partial charge is 0.379 e. The van der Waals surface area contributed by atoms with Crippen LogP contribution in [0.1, 0.15) is 12.7 Å². The summed E-state index contributed by atoms with van der Waals surface area (Å²) in [6.07, 6.45) is 0. The van der Waals surface area contributed by atoms with Gasteiger partial charge >= 0.3 is 0 Å². The van der Waals surface area contributed by atoms with Gasteiger partial charge in [-0.25, -0.2) is 9.97 Å². The zero-order valence-corrected chi connectivity index (χ0v) is 19.9. The fourth-order valence-corrected chi connectivity index (χ4v) is 5.79. The molecule has 4 aromatic rings. The lowest BCUT2D eigenvalue weighted by atomic mass is 10.1. The minimum Gasteiger partial charge on any atom is -0.379 e. The molecule has 6 nitrogen and oxygen atoms in total. The minimum absolute atomic E-state index is 0.0774. The molecule has 1 saturated heterocycles. The number of fused-ring (bicyclic) bond motifs is 1. The molecule has 1 aliphatic rings. The van der Waals surface area contributed by atoms with Crippen LogP contribution < -0.4 is 5.32 Å². The molecule has 2 aromatic carbocycles. The van der Waals surface area contributed by atoms with Crippen LogP contribution in [0.2, 0.25) is 0 Å². The van der Waals surface area contributed by atoms with Crippen molar-refractivity contribution < 1.29 is 9.53 Å². The quantitative estimate of drug-likeness (QED) is 0.381. The van der Waals surface area contributed by atoms with E-state index in [2.05, 4.69) is 39.9 Å². The predicted molar refractivity (Wildman–Crippen MR) is 134 cm³/mol. The van der Waals surface area contributed by atoms with Gasteiger partial charge in [-0.2, -0.15) is 0 Å². The van der Waals surface area contributed by atoms with Gasteiger partial charge < -0.3 is 10.1 Å². The molecule has 0 bridgehead atoms. The van der Waals surface area contributed by atoms with Crippen molar-refractivity contribution in [1.29, 1.82) is 0 Å². The number of nitrogens with zero attached hydrogens (tertiary/aromatic N) is 3. The van der Waals surface area contributed by atoms with Gasteiger partial charge in [0.05, 0.1) is 25.1 Å². The monoisotopic (exact) mass is 476 g/mol. The number of morpholine rings is 1. The molecule has 8 heteroatoms. The maximum absolute atomic E-state index is 11.3. The molecule has 0 aliphatic carbocycles. The number of hydrogen-bond acceptors (Lipinski definition) is 7. The van der Waals surface area contributed by atoms with E-state index < -0.39 is 0 Å². The lowest BCUT2D eigenvalue weighted by molar-refractivity contribution is -0.114. The highest BCUT2D eigenvalue weighted by Crippen LogP contribution is 2.40. The highest BCUT2D eigenvalue weighted by Gasteiger charge is 2.19. The third-order valence-electron chi connectivity index (χ3n) is 5.39. The summed E-state index contributed by atoms with van der Waals surface area (Å²) in [7, 11) is 0. The van der Waals surface area contributed by atoms with Crippen molar-refractivity contribution in [2.45, 2.75) is 23.4 Å². The molecule has 1 aliphatic heterocycles. The third-order valence-corrected chi connectivity index (χ3v) is 7.26. The Kier molecular flexibility index (Phi) is 6.68. The molecule has 3 heterocycles. The molecular weight excluding hydrogens is 452 g/mol. The van der Waals surface area contributed by atoms with Crippen molar-refractivity contribution in [2.75, 3.05) is 31.6 Å². The Morgan fingerprint density at radius 2 is 1.85 bits per heavy atom. The first-order valence-corrected chi connectivity index (χ1v) is 12.5. The average Bonchev–Trinajstić information content (AvgIpc) is 3.26. The van der Waals surface area contributed by atoms with E-state index in [4.69, 9.17) is 14.7 Å². The Morgan fingerprint density at radius 1 is 1.09 bits per heavy atom. The van der Waals surface area contributed by atoms with Crippen molar-refractivity contribution in [3.05, 3.63) is 65.8 Å². The normalized spacial score (nSPS) is 14.5. The van der Waals surface area contributed by atoms with E-state index in [1.54, 1.807) is 23.1 Å². The predicted octanol–water partition coefficient (Wildman–Crippen LogP) is 5.30. The number of rotatable bonds is 6. The molecule has 0 unspecified atom stereocenters. The second kappa shape index (κ2) is 10.0. The van der Waals surface area contributed by atoms with Crippen molar-refractivity contribution in [3.8, 4) is 11.1 Å². The molecule has 2 aromatic heterocycles. The second-order valence-electron chi connectivity index (χ2n) is 7.84. The first-order valence-electron chi connectivity index (χ1n) is 10.8. The standard InChI is InChI=1S/C25H24N4O2S2/c1-17(30)26-19-7-9-20(10-8-19)33-25-23-21(18-5-3-2-4-6-18)16-32-24(23)27-22(28-25)15-29-11-13-31-14-12-29/h2-10,16H,11-15H2,1H3,(H,26,30). The van der Waals surface area contributed by atoms with Gasteiger partial charge in [-0.3, -0.25) is 9.69 Å². The third kappa shape index (κ3) is 5.25. The zero-order chi connectivity index (χ0) is 22.6. The number of benzene rings is 2. The summed E-state index contributed by atoms with van der Waals surface area (Å²) in [4.78, 5) is 25.7. The average molecular weight is 477 g/mol. The number of anilines is 1. The van der Waals surface area contributed by atoms with Gasteiger partial charge in [-0.05, 0) is 29.8 Å². The van der Waals surface area contributed by atoms with Crippen LogP contribution in [0.3, 0.4) is 0 Å². The zero-order valence-electron chi connectivity index (χ0n) is 18.3. The summed E-state index contributed by atoms with van der Waals surface area (Å²) in [6, 6.07) is 18.3. The Bertz CT molecular complexity index is 1250. The number of thiophene rings is 1. The van der Waals surface area contributed by atoms with Gasteiger partial charge in [-0.15, -0.1) is 11.3 Å². The Hall–Kier alpha value is -2.78. The van der Waals surface area contributed by atoms with Gasteiger partial charge in [0.15, 0.2) is 0 Å². The summed E-state index contributed by atoms with van der Waals surface area (Å²) in [5.74, 6) is 0.759. The summed E-state index contributed by atoms with van der Waals surface area (Å²) in [6.45, 7) is 5.52. The lowest BCUT2D eigenvalue weighted by Crippen LogP contribution is -2.36. The first-order chi connectivity index (χ1) is 16.2. The summed E-state index contributed by atoms with van der Waals surface area (Å²) >= 11 is 3.30. The van der Waals surface area contributed by atoms with Crippen LogP contribution in [-0.4, -0.2) is 47.1 Å². The molecule has 0 saturated carbocycles. The highest BCUT2D eigenvalue weighted by molar-refractivity contribution is 7.99. The molecule has 0 atom stereocenters. The molecule has 1 amide bonds. The van der Waals surface area contributed by atoms with Crippen LogP contribution in [0.4, 0.5) is 5.69 Å². The van der Waals surface area contributed by atoms with E-state index in [1.165, 1.54) is 6.92 Å². The molecular formula is C25H24N4O2S2. The number of aromatic nitrogens is 2. The van der Waals surface area contributed by atoms with Crippen LogP contribution in [0.15, 0.2) is 69.9 Å². The summed E-state index contributed by atoms with van der Waals surface area (Å²) in [5.41, 5.74) is 3.11. The van der Waals surface area contributed by atoms with Crippen molar-refractivity contribution in [3.63, 3.8) is 0 Å². The maximum Gasteiger partial charge on any atom is 0.221 e. The smallest absolute Gasteiger partial charge is 0.221 e. The summed E-state index contributed by atoms with van der Waals surface area (Å²) < 4.78 is 5.49. The number of carbonyl (C=O) groups is 1. The number of carbonyl (C=O) groups excluding carboxylic acids is 1. The summed E-state index contributed by atoms with van der Waals surface area (Å²) in [5, 5.41) is 7.04. The van der Waals surface area contributed by atoms with E-state index in [9.17, 15) is 4.79 Å². The second-order valence-corrected chi connectivity index (χ2v) is 9.76. The molecule has 168 valence electrons. The van der Waals surface area contributed by atoms with Crippen LogP contribution in [0.25, 0.3) is 21.3 Å². The fraction of sp³-hybridized carbons (Fsp3) is 0.240. The highest BCUT2D eigenvalue weighted by atomic mass is 32.2. The molecule has 33 heavy (non-hydrogen) atoms. The Labute approximate surface area is 201 Å². The number of ether oxygens (including phenoxy) is 1. The topological polar surface area (TPSA) is 67.4 Å². The molecule has 0 radical (unpaired) electrons. The Balaban J connectivity index is 1.52.